The molecule has 1 aliphatic rings. The number of para-hydroxylation sites is 1. The van der Waals surface area contributed by atoms with Crippen molar-refractivity contribution in [2.75, 3.05) is 11.9 Å². The summed E-state index contributed by atoms with van der Waals surface area (Å²) in [6.45, 7) is -0.0564. The Morgan fingerprint density at radius 2 is 1.89 bits per heavy atom. The number of aromatic nitrogens is 1. The fourth-order valence-corrected chi connectivity index (χ4v) is 4.32. The summed E-state index contributed by atoms with van der Waals surface area (Å²) >= 11 is 5.95. The zero-order valence-electron chi connectivity index (χ0n) is 15.6. The number of carbonyl (C=O) groups excluding carboxylic acids is 1. The highest BCUT2D eigenvalue weighted by Gasteiger charge is 2.31. The fourth-order valence-electron chi connectivity index (χ4n) is 4.19. The molecule has 1 atom stereocenters. The van der Waals surface area contributed by atoms with Crippen molar-refractivity contribution in [3.05, 3.63) is 64.8 Å². The van der Waals surface area contributed by atoms with Gasteiger partial charge in [-0.05, 0) is 55.2 Å². The van der Waals surface area contributed by atoms with Gasteiger partial charge in [0.05, 0.1) is 0 Å². The maximum Gasteiger partial charge on any atom is 0.323 e. The van der Waals surface area contributed by atoms with Gasteiger partial charge in [0.1, 0.15) is 6.54 Å². The Balaban J connectivity index is 1.65. The number of carboxylic acid groups (broad SMARTS) is 1. The molecule has 0 fully saturated rings. The van der Waals surface area contributed by atoms with Crippen molar-refractivity contribution in [2.45, 2.75) is 25.8 Å². The van der Waals surface area contributed by atoms with Crippen LogP contribution in [-0.2, 0) is 29.0 Å². The van der Waals surface area contributed by atoms with Crippen LogP contribution in [-0.4, -0.2) is 28.6 Å². The molecule has 6 heteroatoms. The maximum absolute atomic E-state index is 13.1. The average molecular weight is 397 g/mol. The minimum absolute atomic E-state index is 0.0564. The molecule has 0 bridgehead atoms. The number of amides is 1. The van der Waals surface area contributed by atoms with E-state index < -0.39 is 5.97 Å². The summed E-state index contributed by atoms with van der Waals surface area (Å²) in [6, 6.07) is 15.1. The Bertz CT molecular complexity index is 1060. The number of rotatable bonds is 4. The Morgan fingerprint density at radius 1 is 1.18 bits per heavy atom. The minimum atomic E-state index is -0.857. The molecule has 0 spiro atoms. The molecule has 0 saturated heterocycles. The molecule has 3 aromatic rings. The molecular weight excluding hydrogens is 376 g/mol. The number of anilines is 1. The molecule has 0 saturated carbocycles. The Morgan fingerprint density at radius 3 is 2.61 bits per heavy atom. The third kappa shape index (κ3) is 3.27. The van der Waals surface area contributed by atoms with Crippen LogP contribution in [0.4, 0.5) is 5.69 Å². The summed E-state index contributed by atoms with van der Waals surface area (Å²) in [6.07, 6.45) is 2.03. The Hall–Kier alpha value is -2.79. The van der Waals surface area contributed by atoms with Crippen LogP contribution in [0.1, 0.15) is 17.7 Å². The van der Waals surface area contributed by atoms with E-state index in [0.29, 0.717) is 24.3 Å². The zero-order chi connectivity index (χ0) is 19.8. The number of benzene rings is 2. The molecule has 1 unspecified atom stereocenters. The fraction of sp³-hybridized carbons (Fsp3) is 0.273. The topological polar surface area (TPSA) is 62.5 Å². The summed E-state index contributed by atoms with van der Waals surface area (Å²) in [5.41, 5.74) is 3.88. The first kappa shape index (κ1) is 18.6. The van der Waals surface area contributed by atoms with Gasteiger partial charge in [-0.2, -0.15) is 0 Å². The molecule has 1 aliphatic carbocycles. The second kappa shape index (κ2) is 7.32. The molecule has 5 nitrogen and oxygen atoms in total. The number of carbonyl (C=O) groups is 2. The number of hydrogen-bond acceptors (Lipinski definition) is 2. The SMILES string of the molecule is CN(C(=O)C1CCc2c(c3ccccc3n2CC(=O)O)C1)c1ccc(Cl)cc1. The van der Waals surface area contributed by atoms with Gasteiger partial charge < -0.3 is 14.6 Å². The number of fused-ring (bicyclic) bond motifs is 3. The lowest BCUT2D eigenvalue weighted by molar-refractivity contribution is -0.137. The number of carboxylic acids is 1. The molecule has 0 aliphatic heterocycles. The van der Waals surface area contributed by atoms with Gasteiger partial charge in [-0.15, -0.1) is 0 Å². The third-order valence-electron chi connectivity index (χ3n) is 5.56. The van der Waals surface area contributed by atoms with Crippen LogP contribution in [0, 0.1) is 5.92 Å². The molecule has 28 heavy (non-hydrogen) atoms. The van der Waals surface area contributed by atoms with Gasteiger partial charge in [0.2, 0.25) is 5.91 Å². The predicted molar refractivity (Wildman–Crippen MR) is 110 cm³/mol. The predicted octanol–water partition coefficient (Wildman–Crippen LogP) is 4.15. The molecular formula is C22H21ClN2O3. The van der Waals surface area contributed by atoms with Gasteiger partial charge in [0.15, 0.2) is 0 Å². The van der Waals surface area contributed by atoms with Crippen molar-refractivity contribution < 1.29 is 14.7 Å². The molecule has 4 rings (SSSR count). The highest BCUT2D eigenvalue weighted by molar-refractivity contribution is 6.30. The lowest BCUT2D eigenvalue weighted by Gasteiger charge is -2.27. The van der Waals surface area contributed by atoms with Crippen molar-refractivity contribution in [1.29, 1.82) is 0 Å². The molecule has 1 amide bonds. The van der Waals surface area contributed by atoms with Crippen LogP contribution in [0.5, 0.6) is 0 Å². The highest BCUT2D eigenvalue weighted by Crippen LogP contribution is 2.35. The monoisotopic (exact) mass is 396 g/mol. The van der Waals surface area contributed by atoms with Crippen molar-refractivity contribution in [3.8, 4) is 0 Å². The van der Waals surface area contributed by atoms with Crippen molar-refractivity contribution in [1.82, 2.24) is 4.57 Å². The van der Waals surface area contributed by atoms with E-state index in [1.165, 1.54) is 0 Å². The van der Waals surface area contributed by atoms with E-state index in [1.807, 2.05) is 41.0 Å². The molecule has 2 aromatic carbocycles. The zero-order valence-corrected chi connectivity index (χ0v) is 16.3. The number of nitrogens with zero attached hydrogens (tertiary/aromatic N) is 2. The lowest BCUT2D eigenvalue weighted by atomic mass is 9.85. The van der Waals surface area contributed by atoms with E-state index in [0.717, 1.165) is 27.8 Å². The average Bonchev–Trinajstić information content (AvgIpc) is 3.00. The number of hydrogen-bond donors (Lipinski definition) is 1. The largest absolute Gasteiger partial charge is 0.480 e. The van der Waals surface area contributed by atoms with Crippen molar-refractivity contribution >= 4 is 40.1 Å². The molecule has 1 aromatic heterocycles. The first-order valence-corrected chi connectivity index (χ1v) is 9.67. The van der Waals surface area contributed by atoms with Gasteiger partial charge in [0.25, 0.3) is 0 Å². The van der Waals surface area contributed by atoms with E-state index in [2.05, 4.69) is 0 Å². The smallest absolute Gasteiger partial charge is 0.323 e. The minimum Gasteiger partial charge on any atom is -0.480 e. The second-order valence-electron chi connectivity index (χ2n) is 7.24. The number of halogens is 1. The normalized spacial score (nSPS) is 16.0. The molecule has 144 valence electrons. The van der Waals surface area contributed by atoms with Crippen molar-refractivity contribution in [3.63, 3.8) is 0 Å². The Labute approximate surface area is 168 Å². The summed E-state index contributed by atoms with van der Waals surface area (Å²) in [5.74, 6) is -0.912. The van der Waals surface area contributed by atoms with Crippen LogP contribution in [0.3, 0.4) is 0 Å². The highest BCUT2D eigenvalue weighted by atomic mass is 35.5. The maximum atomic E-state index is 13.1. The Kier molecular flexibility index (Phi) is 4.85. The summed E-state index contributed by atoms with van der Waals surface area (Å²) in [5, 5.41) is 11.0. The first-order valence-electron chi connectivity index (χ1n) is 9.29. The van der Waals surface area contributed by atoms with Gasteiger partial charge >= 0.3 is 5.97 Å². The molecule has 0 radical (unpaired) electrons. The van der Waals surface area contributed by atoms with E-state index in [-0.39, 0.29) is 18.4 Å². The van der Waals surface area contributed by atoms with Crippen LogP contribution in [0.2, 0.25) is 5.02 Å². The van der Waals surface area contributed by atoms with Crippen LogP contribution in [0.15, 0.2) is 48.5 Å². The third-order valence-corrected chi connectivity index (χ3v) is 5.81. The molecule has 1 heterocycles. The first-order chi connectivity index (χ1) is 13.5. The van der Waals surface area contributed by atoms with Crippen LogP contribution in [0.25, 0.3) is 10.9 Å². The van der Waals surface area contributed by atoms with Crippen LogP contribution < -0.4 is 4.90 Å². The number of aliphatic carboxylic acids is 1. The summed E-state index contributed by atoms with van der Waals surface area (Å²) in [4.78, 5) is 26.1. The van der Waals surface area contributed by atoms with Gasteiger partial charge in [-0.3, -0.25) is 9.59 Å². The lowest BCUT2D eigenvalue weighted by Crippen LogP contribution is -2.36. The van der Waals surface area contributed by atoms with E-state index >= 15 is 0 Å². The second-order valence-corrected chi connectivity index (χ2v) is 7.67. The van der Waals surface area contributed by atoms with Gasteiger partial charge in [-0.25, -0.2) is 0 Å². The quantitative estimate of drug-likeness (QED) is 0.720. The summed E-state index contributed by atoms with van der Waals surface area (Å²) < 4.78 is 1.89. The summed E-state index contributed by atoms with van der Waals surface area (Å²) in [7, 11) is 1.79. The molecule has 1 N–H and O–H groups in total. The van der Waals surface area contributed by atoms with E-state index in [9.17, 15) is 14.7 Å². The van der Waals surface area contributed by atoms with E-state index in [4.69, 9.17) is 11.6 Å². The van der Waals surface area contributed by atoms with E-state index in [1.54, 1.807) is 24.1 Å². The van der Waals surface area contributed by atoms with Crippen LogP contribution >= 0.6 is 11.6 Å². The van der Waals surface area contributed by atoms with Gasteiger partial charge in [-0.1, -0.05) is 29.8 Å². The standard InChI is InChI=1S/C22H21ClN2O3/c1-24(16-9-7-15(23)8-10-16)22(28)14-6-11-20-18(12-14)17-4-2-3-5-19(17)25(20)13-21(26)27/h2-5,7-10,14H,6,11-13H2,1H3,(H,26,27). The van der Waals surface area contributed by atoms with Crippen molar-refractivity contribution in [2.24, 2.45) is 5.92 Å². The van der Waals surface area contributed by atoms with Gasteiger partial charge in [0, 0.05) is 40.3 Å².